The molecule has 0 aliphatic carbocycles. The van der Waals surface area contributed by atoms with Crippen LogP contribution in [0.25, 0.3) is 0 Å². The summed E-state index contributed by atoms with van der Waals surface area (Å²) >= 11 is 0. The number of aliphatic hydroxyl groups is 1. The summed E-state index contributed by atoms with van der Waals surface area (Å²) in [6.07, 6.45) is 0.913. The zero-order chi connectivity index (χ0) is 13.8. The van der Waals surface area contributed by atoms with E-state index in [0.717, 1.165) is 5.56 Å². The van der Waals surface area contributed by atoms with Gasteiger partial charge in [-0.1, -0.05) is 6.07 Å². The molecular weight excluding hydrogens is 242 g/mol. The first-order valence-electron chi connectivity index (χ1n) is 5.98. The van der Waals surface area contributed by atoms with Crippen molar-refractivity contribution in [1.29, 1.82) is 0 Å². The Labute approximate surface area is 112 Å². The van der Waals surface area contributed by atoms with Gasteiger partial charge in [0.1, 0.15) is 17.6 Å². The molecule has 1 heterocycles. The van der Waals surface area contributed by atoms with Crippen LogP contribution in [0.15, 0.2) is 36.5 Å². The molecule has 0 saturated heterocycles. The number of hydrogen-bond donors (Lipinski definition) is 1. The number of rotatable bonds is 4. The number of nitrogens with zero attached hydrogens (tertiary/aromatic N) is 1. The van der Waals surface area contributed by atoms with Crippen molar-refractivity contribution >= 4 is 0 Å². The predicted octanol–water partition coefficient (Wildman–Crippen LogP) is 2.49. The maximum Gasteiger partial charge on any atom is 0.128 e. The second kappa shape index (κ2) is 5.71. The van der Waals surface area contributed by atoms with Gasteiger partial charge in [-0.05, 0) is 30.7 Å². The smallest absolute Gasteiger partial charge is 0.128 e. The van der Waals surface area contributed by atoms with Crippen molar-refractivity contribution < 1.29 is 14.6 Å². The second-order valence-electron chi connectivity index (χ2n) is 4.27. The Hall–Kier alpha value is -2.07. The fraction of sp³-hybridized carbons (Fsp3) is 0.267. The fourth-order valence-corrected chi connectivity index (χ4v) is 1.84. The molecule has 1 aromatic carbocycles. The van der Waals surface area contributed by atoms with E-state index in [1.54, 1.807) is 38.6 Å². The molecule has 0 saturated carbocycles. The molecule has 100 valence electrons. The average Bonchev–Trinajstić information content (AvgIpc) is 2.46. The van der Waals surface area contributed by atoms with E-state index >= 15 is 0 Å². The van der Waals surface area contributed by atoms with Gasteiger partial charge in [0.2, 0.25) is 0 Å². The molecule has 4 heteroatoms. The van der Waals surface area contributed by atoms with Gasteiger partial charge in [0.15, 0.2) is 0 Å². The van der Waals surface area contributed by atoms with Crippen molar-refractivity contribution in [3.8, 4) is 11.5 Å². The first-order chi connectivity index (χ1) is 9.15. The van der Waals surface area contributed by atoms with Gasteiger partial charge in [0, 0.05) is 17.8 Å². The number of aryl methyl sites for hydroxylation is 1. The minimum atomic E-state index is -0.818. The van der Waals surface area contributed by atoms with Crippen LogP contribution in [0.3, 0.4) is 0 Å². The Bertz CT molecular complexity index is 552. The molecule has 0 bridgehead atoms. The van der Waals surface area contributed by atoms with Crippen LogP contribution >= 0.6 is 0 Å². The Morgan fingerprint density at radius 3 is 2.47 bits per heavy atom. The largest absolute Gasteiger partial charge is 0.497 e. The molecule has 1 atom stereocenters. The van der Waals surface area contributed by atoms with Crippen LogP contribution in [0.1, 0.15) is 22.9 Å². The Morgan fingerprint density at radius 1 is 1.11 bits per heavy atom. The highest BCUT2D eigenvalue weighted by atomic mass is 16.5. The normalized spacial score (nSPS) is 12.0. The van der Waals surface area contributed by atoms with Crippen molar-refractivity contribution in [2.24, 2.45) is 0 Å². The van der Waals surface area contributed by atoms with Crippen LogP contribution in [-0.2, 0) is 0 Å². The van der Waals surface area contributed by atoms with Crippen molar-refractivity contribution in [2.75, 3.05) is 14.2 Å². The highest BCUT2D eigenvalue weighted by Gasteiger charge is 2.17. The number of pyridine rings is 1. The molecule has 1 unspecified atom stereocenters. The lowest BCUT2D eigenvalue weighted by Crippen LogP contribution is -2.04. The molecule has 1 N–H and O–H groups in total. The van der Waals surface area contributed by atoms with E-state index < -0.39 is 6.10 Å². The van der Waals surface area contributed by atoms with Crippen molar-refractivity contribution in [3.05, 3.63) is 53.3 Å². The lowest BCUT2D eigenvalue weighted by molar-refractivity contribution is 0.209. The molecule has 0 aliphatic rings. The molecule has 0 amide bonds. The summed E-state index contributed by atoms with van der Waals surface area (Å²) in [4.78, 5) is 4.24. The van der Waals surface area contributed by atoms with Gasteiger partial charge < -0.3 is 14.6 Å². The Kier molecular flexibility index (Phi) is 4.02. The van der Waals surface area contributed by atoms with Gasteiger partial charge in [-0.15, -0.1) is 0 Å². The lowest BCUT2D eigenvalue weighted by atomic mass is 10.0. The summed E-state index contributed by atoms with van der Waals surface area (Å²) < 4.78 is 10.4. The molecule has 2 rings (SSSR count). The van der Waals surface area contributed by atoms with Gasteiger partial charge >= 0.3 is 0 Å². The molecule has 0 spiro atoms. The van der Waals surface area contributed by atoms with E-state index in [2.05, 4.69) is 4.98 Å². The molecule has 0 radical (unpaired) electrons. The SMILES string of the molecule is COc1ccc(C(O)c2ccc(C)cn2)c(OC)c1. The molecule has 2 aromatic rings. The predicted molar refractivity (Wildman–Crippen MR) is 72.6 cm³/mol. The second-order valence-corrected chi connectivity index (χ2v) is 4.27. The number of hydrogen-bond acceptors (Lipinski definition) is 4. The van der Waals surface area contributed by atoms with Crippen molar-refractivity contribution in [3.63, 3.8) is 0 Å². The fourth-order valence-electron chi connectivity index (χ4n) is 1.84. The number of aromatic nitrogens is 1. The third-order valence-corrected chi connectivity index (χ3v) is 2.95. The topological polar surface area (TPSA) is 51.6 Å². The maximum atomic E-state index is 10.4. The molecule has 4 nitrogen and oxygen atoms in total. The minimum absolute atomic E-state index is 0.578. The lowest BCUT2D eigenvalue weighted by Gasteiger charge is -2.15. The van der Waals surface area contributed by atoms with Gasteiger partial charge in [0.05, 0.1) is 19.9 Å². The molecular formula is C15H17NO3. The average molecular weight is 259 g/mol. The summed E-state index contributed by atoms with van der Waals surface area (Å²) in [5.41, 5.74) is 2.31. The van der Waals surface area contributed by atoms with E-state index in [1.807, 2.05) is 19.1 Å². The van der Waals surface area contributed by atoms with E-state index in [0.29, 0.717) is 22.8 Å². The molecule has 1 aromatic heterocycles. The van der Waals surface area contributed by atoms with Gasteiger partial charge in [-0.3, -0.25) is 4.98 Å². The summed E-state index contributed by atoms with van der Waals surface area (Å²) in [5.74, 6) is 1.26. The third-order valence-electron chi connectivity index (χ3n) is 2.95. The number of ether oxygens (including phenoxy) is 2. The zero-order valence-electron chi connectivity index (χ0n) is 11.3. The zero-order valence-corrected chi connectivity index (χ0v) is 11.3. The number of methoxy groups -OCH3 is 2. The monoisotopic (exact) mass is 259 g/mol. The Morgan fingerprint density at radius 2 is 1.89 bits per heavy atom. The summed E-state index contributed by atoms with van der Waals surface area (Å²) in [5, 5.41) is 10.4. The van der Waals surface area contributed by atoms with Crippen LogP contribution < -0.4 is 9.47 Å². The first kappa shape index (κ1) is 13.4. The third kappa shape index (κ3) is 2.85. The van der Waals surface area contributed by atoms with E-state index in [1.165, 1.54) is 0 Å². The maximum absolute atomic E-state index is 10.4. The molecule has 0 aliphatic heterocycles. The van der Waals surface area contributed by atoms with Crippen molar-refractivity contribution in [1.82, 2.24) is 4.98 Å². The minimum Gasteiger partial charge on any atom is -0.497 e. The van der Waals surface area contributed by atoms with E-state index in [9.17, 15) is 5.11 Å². The Balaban J connectivity index is 2.37. The number of aliphatic hydroxyl groups excluding tert-OH is 1. The molecule has 0 fully saturated rings. The first-order valence-corrected chi connectivity index (χ1v) is 5.98. The van der Waals surface area contributed by atoms with Crippen LogP contribution in [0, 0.1) is 6.92 Å². The molecule has 19 heavy (non-hydrogen) atoms. The van der Waals surface area contributed by atoms with Crippen LogP contribution in [-0.4, -0.2) is 24.3 Å². The quantitative estimate of drug-likeness (QED) is 0.916. The van der Waals surface area contributed by atoms with Crippen molar-refractivity contribution in [2.45, 2.75) is 13.0 Å². The van der Waals surface area contributed by atoms with E-state index in [-0.39, 0.29) is 0 Å². The summed E-state index contributed by atoms with van der Waals surface area (Å²) in [6, 6.07) is 9.04. The number of benzene rings is 1. The van der Waals surface area contributed by atoms with Crippen LogP contribution in [0.5, 0.6) is 11.5 Å². The summed E-state index contributed by atoms with van der Waals surface area (Å²) in [6.45, 7) is 1.96. The standard InChI is InChI=1S/C15H17NO3/c1-10-4-7-13(16-9-10)15(17)12-6-5-11(18-2)8-14(12)19-3/h4-9,15,17H,1-3H3. The van der Waals surface area contributed by atoms with E-state index in [4.69, 9.17) is 9.47 Å². The highest BCUT2D eigenvalue weighted by Crippen LogP contribution is 2.32. The van der Waals surface area contributed by atoms with Gasteiger partial charge in [-0.2, -0.15) is 0 Å². The van der Waals surface area contributed by atoms with Crippen LogP contribution in [0.4, 0.5) is 0 Å². The highest BCUT2D eigenvalue weighted by molar-refractivity contribution is 5.44. The van der Waals surface area contributed by atoms with Gasteiger partial charge in [0.25, 0.3) is 0 Å². The van der Waals surface area contributed by atoms with Gasteiger partial charge in [-0.25, -0.2) is 0 Å². The van der Waals surface area contributed by atoms with Crippen LogP contribution in [0.2, 0.25) is 0 Å². The summed E-state index contributed by atoms with van der Waals surface area (Å²) in [7, 11) is 3.15.